The molecule has 6 heteroatoms. The van der Waals surface area contributed by atoms with Gasteiger partial charge in [0.2, 0.25) is 0 Å². The van der Waals surface area contributed by atoms with Gasteiger partial charge >= 0.3 is 12.0 Å². The third-order valence-corrected chi connectivity index (χ3v) is 3.39. The number of carbonyl (C=O) groups is 2. The molecule has 20 heavy (non-hydrogen) atoms. The molecule has 2 amide bonds. The molecule has 0 aromatic rings. The van der Waals surface area contributed by atoms with E-state index in [9.17, 15) is 9.59 Å². The highest BCUT2D eigenvalue weighted by atomic mass is 16.5. The Morgan fingerprint density at radius 3 is 2.70 bits per heavy atom. The summed E-state index contributed by atoms with van der Waals surface area (Å²) in [6.07, 6.45) is 4.20. The summed E-state index contributed by atoms with van der Waals surface area (Å²) in [6.45, 7) is 4.41. The summed E-state index contributed by atoms with van der Waals surface area (Å²) in [5.41, 5.74) is 0. The zero-order valence-electron chi connectivity index (χ0n) is 12.2. The van der Waals surface area contributed by atoms with Gasteiger partial charge in [-0.1, -0.05) is 13.3 Å². The van der Waals surface area contributed by atoms with Crippen molar-refractivity contribution in [3.05, 3.63) is 0 Å². The summed E-state index contributed by atoms with van der Waals surface area (Å²) in [5, 5.41) is 14.2. The van der Waals surface area contributed by atoms with E-state index in [2.05, 4.69) is 10.6 Å². The van der Waals surface area contributed by atoms with Gasteiger partial charge in [0.15, 0.2) is 0 Å². The second-order valence-electron chi connectivity index (χ2n) is 5.38. The van der Waals surface area contributed by atoms with Crippen molar-refractivity contribution in [3.8, 4) is 0 Å². The number of carboxylic acid groups (broad SMARTS) is 1. The molecule has 3 N–H and O–H groups in total. The number of aliphatic carboxylic acids is 1. The van der Waals surface area contributed by atoms with Gasteiger partial charge in [-0.3, -0.25) is 4.79 Å². The van der Waals surface area contributed by atoms with E-state index in [0.29, 0.717) is 19.7 Å². The Morgan fingerprint density at radius 1 is 1.35 bits per heavy atom. The van der Waals surface area contributed by atoms with E-state index in [1.807, 2.05) is 6.92 Å². The minimum absolute atomic E-state index is 0.0138. The third kappa shape index (κ3) is 8.74. The molecule has 0 saturated heterocycles. The molecule has 1 unspecified atom stereocenters. The molecule has 6 nitrogen and oxygen atoms in total. The summed E-state index contributed by atoms with van der Waals surface area (Å²) >= 11 is 0. The molecule has 1 saturated carbocycles. The van der Waals surface area contributed by atoms with Gasteiger partial charge in [-0.05, 0) is 31.1 Å². The lowest BCUT2D eigenvalue weighted by Gasteiger charge is -2.14. The number of nitrogens with one attached hydrogen (secondary N) is 2. The van der Waals surface area contributed by atoms with Crippen molar-refractivity contribution in [1.29, 1.82) is 0 Å². The molecule has 0 heterocycles. The molecule has 0 spiro atoms. The van der Waals surface area contributed by atoms with Gasteiger partial charge in [-0.2, -0.15) is 0 Å². The SMILES string of the molecule is CCC(CNC(=O)NCCCOCC1CC1)CC(=O)O. The van der Waals surface area contributed by atoms with Crippen LogP contribution in [0.2, 0.25) is 0 Å². The lowest BCUT2D eigenvalue weighted by atomic mass is 10.0. The van der Waals surface area contributed by atoms with E-state index in [4.69, 9.17) is 9.84 Å². The number of urea groups is 1. The van der Waals surface area contributed by atoms with Crippen molar-refractivity contribution in [2.75, 3.05) is 26.3 Å². The molecule has 1 fully saturated rings. The van der Waals surface area contributed by atoms with Crippen LogP contribution in [0.25, 0.3) is 0 Å². The molecule has 0 aromatic carbocycles. The molecule has 1 aliphatic carbocycles. The number of carbonyl (C=O) groups excluding carboxylic acids is 1. The Morgan fingerprint density at radius 2 is 2.10 bits per heavy atom. The maximum atomic E-state index is 11.5. The van der Waals surface area contributed by atoms with Gasteiger partial charge in [0.05, 0.1) is 0 Å². The lowest BCUT2D eigenvalue weighted by molar-refractivity contribution is -0.138. The number of amides is 2. The van der Waals surface area contributed by atoms with Crippen LogP contribution in [0.15, 0.2) is 0 Å². The van der Waals surface area contributed by atoms with Crippen molar-refractivity contribution in [3.63, 3.8) is 0 Å². The molecule has 0 radical (unpaired) electrons. The van der Waals surface area contributed by atoms with E-state index in [0.717, 1.165) is 25.4 Å². The van der Waals surface area contributed by atoms with Gasteiger partial charge < -0.3 is 20.5 Å². The van der Waals surface area contributed by atoms with Crippen molar-refractivity contribution in [1.82, 2.24) is 10.6 Å². The van der Waals surface area contributed by atoms with Crippen LogP contribution in [0, 0.1) is 11.8 Å². The van der Waals surface area contributed by atoms with E-state index < -0.39 is 5.97 Å². The smallest absolute Gasteiger partial charge is 0.314 e. The highest BCUT2D eigenvalue weighted by Crippen LogP contribution is 2.28. The zero-order chi connectivity index (χ0) is 14.8. The fourth-order valence-electron chi connectivity index (χ4n) is 1.82. The van der Waals surface area contributed by atoms with Crippen molar-refractivity contribution in [2.45, 2.75) is 39.0 Å². The Kier molecular flexibility index (Phi) is 8.02. The molecule has 0 aliphatic heterocycles. The zero-order valence-corrected chi connectivity index (χ0v) is 12.2. The standard InChI is InChI=1S/C14H26N2O4/c1-2-11(8-13(17)18)9-16-14(19)15-6-3-7-20-10-12-4-5-12/h11-12H,2-10H2,1H3,(H,17,18)(H2,15,16,19). The van der Waals surface area contributed by atoms with E-state index in [-0.39, 0.29) is 18.4 Å². The average Bonchev–Trinajstić information content (AvgIpc) is 3.22. The van der Waals surface area contributed by atoms with Crippen LogP contribution in [-0.2, 0) is 9.53 Å². The largest absolute Gasteiger partial charge is 0.481 e. The Labute approximate surface area is 120 Å². The first-order valence-corrected chi connectivity index (χ1v) is 7.43. The predicted molar refractivity (Wildman–Crippen MR) is 75.6 cm³/mol. The van der Waals surface area contributed by atoms with Crippen LogP contribution in [0.1, 0.15) is 39.0 Å². The van der Waals surface area contributed by atoms with Crippen LogP contribution in [-0.4, -0.2) is 43.4 Å². The van der Waals surface area contributed by atoms with Gasteiger partial charge in [-0.15, -0.1) is 0 Å². The van der Waals surface area contributed by atoms with E-state index in [1.54, 1.807) is 0 Å². The number of rotatable bonds is 11. The molecule has 1 atom stereocenters. The maximum Gasteiger partial charge on any atom is 0.314 e. The fourth-order valence-corrected chi connectivity index (χ4v) is 1.82. The molecular weight excluding hydrogens is 260 g/mol. The summed E-state index contributed by atoms with van der Waals surface area (Å²) < 4.78 is 5.46. The second kappa shape index (κ2) is 9.58. The Bertz CT molecular complexity index is 306. The topological polar surface area (TPSA) is 87.7 Å². The van der Waals surface area contributed by atoms with Gasteiger partial charge in [-0.25, -0.2) is 4.79 Å². The van der Waals surface area contributed by atoms with Crippen molar-refractivity contribution < 1.29 is 19.4 Å². The van der Waals surface area contributed by atoms with Crippen LogP contribution < -0.4 is 10.6 Å². The number of carboxylic acids is 1. The molecule has 1 rings (SSSR count). The monoisotopic (exact) mass is 286 g/mol. The summed E-state index contributed by atoms with van der Waals surface area (Å²) in [4.78, 5) is 22.1. The molecule has 0 bridgehead atoms. The third-order valence-electron chi connectivity index (χ3n) is 3.39. The first kappa shape index (κ1) is 16.8. The average molecular weight is 286 g/mol. The van der Waals surface area contributed by atoms with Gasteiger partial charge in [0.25, 0.3) is 0 Å². The minimum Gasteiger partial charge on any atom is -0.481 e. The van der Waals surface area contributed by atoms with Crippen LogP contribution in [0.3, 0.4) is 0 Å². The quantitative estimate of drug-likeness (QED) is 0.503. The first-order valence-electron chi connectivity index (χ1n) is 7.43. The molecule has 1 aliphatic rings. The Hall–Kier alpha value is -1.30. The Balaban J connectivity index is 1.94. The number of ether oxygens (including phenoxy) is 1. The first-order chi connectivity index (χ1) is 9.61. The van der Waals surface area contributed by atoms with Gasteiger partial charge in [0.1, 0.15) is 0 Å². The van der Waals surface area contributed by atoms with Gasteiger partial charge in [0, 0.05) is 32.7 Å². The van der Waals surface area contributed by atoms with E-state index in [1.165, 1.54) is 12.8 Å². The van der Waals surface area contributed by atoms with Crippen molar-refractivity contribution >= 4 is 12.0 Å². The van der Waals surface area contributed by atoms with Crippen LogP contribution in [0.4, 0.5) is 4.79 Å². The highest BCUT2D eigenvalue weighted by Gasteiger charge is 2.20. The van der Waals surface area contributed by atoms with Crippen molar-refractivity contribution in [2.24, 2.45) is 11.8 Å². The summed E-state index contributed by atoms with van der Waals surface area (Å²) in [6, 6.07) is -0.240. The second-order valence-corrected chi connectivity index (χ2v) is 5.38. The number of hydrogen-bond donors (Lipinski definition) is 3. The molecule has 0 aromatic heterocycles. The summed E-state index contributed by atoms with van der Waals surface area (Å²) in [7, 11) is 0. The minimum atomic E-state index is -0.827. The highest BCUT2D eigenvalue weighted by molar-refractivity contribution is 5.74. The normalized spacial score (nSPS) is 15.7. The van der Waals surface area contributed by atoms with Crippen LogP contribution >= 0.6 is 0 Å². The maximum absolute atomic E-state index is 11.5. The lowest BCUT2D eigenvalue weighted by Crippen LogP contribution is -2.39. The molecule has 116 valence electrons. The van der Waals surface area contributed by atoms with E-state index >= 15 is 0 Å². The fraction of sp³-hybridized carbons (Fsp3) is 0.857. The predicted octanol–water partition coefficient (Wildman–Crippen LogP) is 1.60. The van der Waals surface area contributed by atoms with Crippen LogP contribution in [0.5, 0.6) is 0 Å². The number of hydrogen-bond acceptors (Lipinski definition) is 3. The molecular formula is C14H26N2O4. The summed E-state index contributed by atoms with van der Waals surface area (Å²) in [5.74, 6) is -0.0709.